The van der Waals surface area contributed by atoms with Crippen LogP contribution in [0.1, 0.15) is 37.5 Å². The van der Waals surface area contributed by atoms with E-state index in [1.165, 1.54) is 60.4 Å². The number of nitrogens with zero attached hydrogens (tertiary/aromatic N) is 2. The Morgan fingerprint density at radius 2 is 1.29 bits per heavy atom. The number of furan rings is 1. The lowest BCUT2D eigenvalue weighted by atomic mass is 9.82. The maximum atomic E-state index is 6.81. The van der Waals surface area contributed by atoms with Crippen molar-refractivity contribution in [3.05, 3.63) is 236 Å². The Balaban J connectivity index is 1.11. The van der Waals surface area contributed by atoms with Crippen molar-refractivity contribution in [3.8, 4) is 27.9 Å². The predicted molar refractivity (Wildman–Crippen MR) is 276 cm³/mol. The molecule has 0 N–H and O–H groups in total. The fourth-order valence-electron chi connectivity index (χ4n) is 10.8. The minimum atomic E-state index is -0.158. The number of hydrogen-bond acceptors (Lipinski definition) is 2. The van der Waals surface area contributed by atoms with E-state index in [1.54, 1.807) is 0 Å². The van der Waals surface area contributed by atoms with E-state index >= 15 is 0 Å². The molecule has 0 radical (unpaired) electrons. The highest BCUT2D eigenvalue weighted by atomic mass is 16.3. The van der Waals surface area contributed by atoms with Crippen LogP contribution in [-0.2, 0) is 5.41 Å². The molecule has 3 heteroatoms. The Kier molecular flexibility index (Phi) is 8.89. The van der Waals surface area contributed by atoms with Crippen molar-refractivity contribution >= 4 is 77.2 Å². The number of para-hydroxylation sites is 2. The maximum Gasteiger partial charge on any atom is 0.137 e. The molecule has 11 aromatic rings. The Morgan fingerprint density at radius 3 is 2.11 bits per heavy atom. The molecule has 65 heavy (non-hydrogen) atoms. The molecular weight excluding hydrogens is 789 g/mol. The Hall–Kier alpha value is -8.14. The molecule has 2 heterocycles. The topological polar surface area (TPSA) is 21.3 Å². The van der Waals surface area contributed by atoms with Gasteiger partial charge in [0.1, 0.15) is 11.2 Å². The van der Waals surface area contributed by atoms with Gasteiger partial charge in [0.15, 0.2) is 0 Å². The first-order chi connectivity index (χ1) is 31.9. The third-order valence-electron chi connectivity index (χ3n) is 13.6. The summed E-state index contributed by atoms with van der Waals surface area (Å²) in [5.41, 5.74) is 18.1. The molecule has 2 aromatic heterocycles. The standard InChI is InChI=1S/C62H46N2O/c1-5-18-40(19-6-2)41-32-35-44(36-33-41)63(55-29-16-27-53-59(55)48-25-12-14-26-52(48)62(53,3)4)56-30-17-31-58-60(56)51-38-42(34-37-57(51)65-58)49-39-50-46-23-13-15-28-54(46)64(43-20-8-7-9-21-43)61(50)47-24-11-10-22-45(47)49/h5-39H,1H2,2-4H3/b19-6-,40-18+. The summed E-state index contributed by atoms with van der Waals surface area (Å²) in [5, 5.41) is 7.03. The zero-order valence-electron chi connectivity index (χ0n) is 36.7. The number of fused-ring (bicyclic) bond motifs is 11. The fraction of sp³-hybridized carbons (Fsp3) is 0.0645. The number of hydrogen-bond donors (Lipinski definition) is 0. The normalized spacial score (nSPS) is 13.4. The first-order valence-corrected chi connectivity index (χ1v) is 22.5. The van der Waals surface area contributed by atoms with E-state index < -0.39 is 0 Å². The van der Waals surface area contributed by atoms with E-state index in [4.69, 9.17) is 4.42 Å². The third kappa shape index (κ3) is 5.89. The van der Waals surface area contributed by atoms with Gasteiger partial charge in [-0.25, -0.2) is 0 Å². The van der Waals surface area contributed by atoms with Gasteiger partial charge in [0.05, 0.1) is 27.8 Å². The predicted octanol–water partition coefficient (Wildman–Crippen LogP) is 17.4. The monoisotopic (exact) mass is 834 g/mol. The molecule has 0 aliphatic heterocycles. The lowest BCUT2D eigenvalue weighted by molar-refractivity contribution is 0.660. The van der Waals surface area contributed by atoms with Crippen LogP contribution in [-0.4, -0.2) is 4.57 Å². The summed E-state index contributed by atoms with van der Waals surface area (Å²) in [4.78, 5) is 2.46. The van der Waals surface area contributed by atoms with Gasteiger partial charge in [-0.15, -0.1) is 0 Å². The average molecular weight is 835 g/mol. The van der Waals surface area contributed by atoms with Gasteiger partial charge < -0.3 is 13.9 Å². The summed E-state index contributed by atoms with van der Waals surface area (Å²) in [6.45, 7) is 10.7. The van der Waals surface area contributed by atoms with Gasteiger partial charge in [-0.2, -0.15) is 0 Å². The molecule has 0 spiro atoms. The largest absolute Gasteiger partial charge is 0.456 e. The van der Waals surface area contributed by atoms with E-state index in [-0.39, 0.29) is 5.41 Å². The summed E-state index contributed by atoms with van der Waals surface area (Å²) >= 11 is 0. The van der Waals surface area contributed by atoms with Crippen molar-refractivity contribution in [2.45, 2.75) is 26.2 Å². The minimum Gasteiger partial charge on any atom is -0.456 e. The average Bonchev–Trinajstić information content (AvgIpc) is 3.97. The van der Waals surface area contributed by atoms with Crippen molar-refractivity contribution in [1.82, 2.24) is 4.57 Å². The number of anilines is 3. The van der Waals surface area contributed by atoms with Gasteiger partial charge in [-0.1, -0.05) is 166 Å². The minimum absolute atomic E-state index is 0.158. The molecule has 0 bridgehead atoms. The Bertz CT molecular complexity index is 3760. The highest BCUT2D eigenvalue weighted by Crippen LogP contribution is 2.55. The van der Waals surface area contributed by atoms with E-state index in [2.05, 4.69) is 243 Å². The molecule has 1 aliphatic carbocycles. The van der Waals surface area contributed by atoms with Crippen molar-refractivity contribution in [1.29, 1.82) is 0 Å². The van der Waals surface area contributed by atoms with Crippen LogP contribution in [0.4, 0.5) is 17.1 Å². The van der Waals surface area contributed by atoms with Crippen molar-refractivity contribution in [2.75, 3.05) is 4.90 Å². The molecule has 0 atom stereocenters. The second kappa shape index (κ2) is 15.0. The second-order valence-electron chi connectivity index (χ2n) is 17.6. The quantitative estimate of drug-likeness (QED) is 0.142. The second-order valence-corrected chi connectivity index (χ2v) is 17.6. The molecule has 3 nitrogen and oxygen atoms in total. The fourth-order valence-corrected chi connectivity index (χ4v) is 10.8. The van der Waals surface area contributed by atoms with Crippen LogP contribution in [0.25, 0.3) is 88.0 Å². The van der Waals surface area contributed by atoms with Crippen LogP contribution >= 0.6 is 0 Å². The molecule has 12 rings (SSSR count). The van der Waals surface area contributed by atoms with Crippen molar-refractivity contribution < 1.29 is 4.42 Å². The Labute approximate surface area is 379 Å². The van der Waals surface area contributed by atoms with E-state index in [0.29, 0.717) is 0 Å². The van der Waals surface area contributed by atoms with Crippen molar-refractivity contribution in [3.63, 3.8) is 0 Å². The number of aromatic nitrogens is 1. The SMILES string of the molecule is C=C/C=C(\C=C/C)c1ccc(N(c2cccc3c2-c2ccccc2C3(C)C)c2cccc3oc4ccc(-c5cc6c7ccccc7n(-c7ccccc7)c6c6ccccc56)cc4c23)cc1. The first-order valence-electron chi connectivity index (χ1n) is 22.5. The highest BCUT2D eigenvalue weighted by molar-refractivity contribution is 6.23. The summed E-state index contributed by atoms with van der Waals surface area (Å²) in [6, 6.07) is 68.7. The van der Waals surface area contributed by atoms with Gasteiger partial charge in [0.2, 0.25) is 0 Å². The van der Waals surface area contributed by atoms with Crippen LogP contribution < -0.4 is 4.90 Å². The number of rotatable bonds is 8. The van der Waals surface area contributed by atoms with Crippen LogP contribution in [0.3, 0.4) is 0 Å². The van der Waals surface area contributed by atoms with Gasteiger partial charge in [0, 0.05) is 43.9 Å². The van der Waals surface area contributed by atoms with Gasteiger partial charge in [-0.05, 0) is 118 Å². The number of benzene rings is 9. The zero-order valence-corrected chi connectivity index (χ0v) is 36.7. The van der Waals surface area contributed by atoms with Crippen LogP contribution in [0.15, 0.2) is 223 Å². The number of allylic oxidation sites excluding steroid dienone is 5. The lowest BCUT2D eigenvalue weighted by Crippen LogP contribution is -2.16. The first kappa shape index (κ1) is 38.5. The van der Waals surface area contributed by atoms with Gasteiger partial charge in [-0.3, -0.25) is 0 Å². The molecule has 0 amide bonds. The van der Waals surface area contributed by atoms with Crippen LogP contribution in [0, 0.1) is 0 Å². The Morgan fingerprint density at radius 1 is 0.585 bits per heavy atom. The smallest absolute Gasteiger partial charge is 0.137 e. The molecular formula is C62H46N2O. The van der Waals surface area contributed by atoms with E-state index in [9.17, 15) is 0 Å². The van der Waals surface area contributed by atoms with Crippen LogP contribution in [0.5, 0.6) is 0 Å². The molecule has 310 valence electrons. The van der Waals surface area contributed by atoms with Crippen LogP contribution in [0.2, 0.25) is 0 Å². The van der Waals surface area contributed by atoms with Crippen molar-refractivity contribution in [2.24, 2.45) is 0 Å². The summed E-state index contributed by atoms with van der Waals surface area (Å²) in [7, 11) is 0. The maximum absolute atomic E-state index is 6.81. The van der Waals surface area contributed by atoms with E-state index in [1.807, 2.05) is 6.08 Å². The zero-order chi connectivity index (χ0) is 43.8. The molecule has 0 saturated heterocycles. The summed E-state index contributed by atoms with van der Waals surface area (Å²) in [6.07, 6.45) is 8.12. The van der Waals surface area contributed by atoms with E-state index in [0.717, 1.165) is 61.4 Å². The molecule has 0 saturated carbocycles. The summed E-state index contributed by atoms with van der Waals surface area (Å²) in [5.74, 6) is 0. The third-order valence-corrected chi connectivity index (χ3v) is 13.6. The molecule has 0 fully saturated rings. The summed E-state index contributed by atoms with van der Waals surface area (Å²) < 4.78 is 9.23. The highest BCUT2D eigenvalue weighted by Gasteiger charge is 2.38. The van der Waals surface area contributed by atoms with Gasteiger partial charge >= 0.3 is 0 Å². The lowest BCUT2D eigenvalue weighted by Gasteiger charge is -2.29. The molecule has 1 aliphatic rings. The van der Waals surface area contributed by atoms with Gasteiger partial charge in [0.25, 0.3) is 0 Å². The molecule has 9 aromatic carbocycles. The molecule has 0 unspecified atom stereocenters.